The summed E-state index contributed by atoms with van der Waals surface area (Å²) in [5, 5.41) is 5.30. The Morgan fingerprint density at radius 3 is 2.43 bits per heavy atom. The molecule has 0 atom stereocenters. The van der Waals surface area contributed by atoms with Gasteiger partial charge < -0.3 is 4.74 Å². The molecule has 2 aromatic carbocycles. The average molecular weight is 297 g/mol. The van der Waals surface area contributed by atoms with Crippen LogP contribution in [-0.2, 0) is 0 Å². The maximum absolute atomic E-state index is 5.79. The minimum Gasteiger partial charge on any atom is -0.493 e. The van der Waals surface area contributed by atoms with E-state index in [9.17, 15) is 0 Å². The molecule has 0 saturated carbocycles. The van der Waals surface area contributed by atoms with Crippen LogP contribution in [0.3, 0.4) is 0 Å². The van der Waals surface area contributed by atoms with E-state index in [1.54, 1.807) is 11.8 Å². The highest BCUT2D eigenvalue weighted by Crippen LogP contribution is 2.32. The van der Waals surface area contributed by atoms with Crippen LogP contribution in [-0.4, -0.2) is 17.5 Å². The van der Waals surface area contributed by atoms with Crippen molar-refractivity contribution in [2.75, 3.05) is 12.4 Å². The highest BCUT2D eigenvalue weighted by atomic mass is 32.2. The zero-order valence-electron chi connectivity index (χ0n) is 12.2. The molecule has 0 aromatic heterocycles. The molecule has 3 rings (SSSR count). The van der Waals surface area contributed by atoms with Crippen LogP contribution in [0.5, 0.6) is 5.75 Å². The predicted octanol–water partition coefficient (Wildman–Crippen LogP) is 4.35. The number of hydrogen-bond donors (Lipinski definition) is 0. The summed E-state index contributed by atoms with van der Waals surface area (Å²) >= 11 is 1.63. The summed E-state index contributed by atoms with van der Waals surface area (Å²) in [6, 6.07) is 14.2. The number of aryl methyl sites for hydroxylation is 2. The summed E-state index contributed by atoms with van der Waals surface area (Å²) in [6.45, 7) is 4.81. The summed E-state index contributed by atoms with van der Waals surface area (Å²) in [5.74, 6) is 1.77. The fourth-order valence-corrected chi connectivity index (χ4v) is 2.93. The van der Waals surface area contributed by atoms with Crippen molar-refractivity contribution in [1.82, 2.24) is 5.32 Å². The molecule has 1 aliphatic heterocycles. The third-order valence-electron chi connectivity index (χ3n) is 3.09. The molecular weight excluding hydrogens is 280 g/mol. The molecule has 1 heterocycles. The lowest BCUT2D eigenvalue weighted by atomic mass is 10.1. The van der Waals surface area contributed by atoms with Gasteiger partial charge in [0.05, 0.1) is 18.0 Å². The quantitative estimate of drug-likeness (QED) is 0.786. The van der Waals surface area contributed by atoms with E-state index < -0.39 is 0 Å². The number of hydrogen-bond acceptors (Lipinski definition) is 3. The fourth-order valence-electron chi connectivity index (χ4n) is 2.26. The van der Waals surface area contributed by atoms with Gasteiger partial charge in [-0.1, -0.05) is 30.0 Å². The Morgan fingerprint density at radius 1 is 1.00 bits per heavy atom. The van der Waals surface area contributed by atoms with Gasteiger partial charge in [0.2, 0.25) is 0 Å². The van der Waals surface area contributed by atoms with E-state index in [-0.39, 0.29) is 0 Å². The first-order chi connectivity index (χ1) is 10.2. The summed E-state index contributed by atoms with van der Waals surface area (Å²) in [6.07, 6.45) is 0. The topological polar surface area (TPSA) is 35.7 Å². The number of fused-ring (bicyclic) bond motifs is 1. The summed E-state index contributed by atoms with van der Waals surface area (Å²) in [7, 11) is 0. The monoisotopic (exact) mass is 297 g/mol. The number of benzene rings is 2. The summed E-state index contributed by atoms with van der Waals surface area (Å²) in [5.41, 5.74) is 4.36. The largest absolute Gasteiger partial charge is 0.493 e. The fraction of sp³-hybridized carbons (Fsp3) is 0.235. The van der Waals surface area contributed by atoms with Gasteiger partial charge in [0.1, 0.15) is 5.75 Å². The number of rotatable bonds is 4. The van der Waals surface area contributed by atoms with Crippen molar-refractivity contribution in [2.45, 2.75) is 13.8 Å². The average Bonchev–Trinajstić information content (AvgIpc) is 2.85. The smallest absolute Gasteiger partial charge is 0.188 e. The molecule has 0 spiro atoms. The molecule has 0 aliphatic carbocycles. The molecule has 0 saturated heterocycles. The molecule has 3 nitrogen and oxygen atoms in total. The molecule has 0 fully saturated rings. The molecule has 0 unspecified atom stereocenters. The third-order valence-corrected chi connectivity index (χ3v) is 3.90. The standard InChI is InChI=1S/C17H17N2OS/c1-12-9-13(2)11-14(10-12)20-7-8-21-17-18-15-5-3-4-6-16(15)19-17/h3-6,9-11H,7-8H2,1-2H3. The van der Waals surface area contributed by atoms with Crippen molar-refractivity contribution in [3.63, 3.8) is 0 Å². The highest BCUT2D eigenvalue weighted by Gasteiger charge is 2.14. The van der Waals surface area contributed by atoms with E-state index in [1.165, 1.54) is 11.1 Å². The van der Waals surface area contributed by atoms with Crippen LogP contribution in [0.2, 0.25) is 0 Å². The maximum Gasteiger partial charge on any atom is 0.188 e. The maximum atomic E-state index is 5.79. The Kier molecular flexibility index (Phi) is 4.15. The number of ether oxygens (including phenoxy) is 1. The SMILES string of the molecule is Cc1cc(C)cc(OCCSC2=Nc3ccccc3[N]2)c1. The van der Waals surface area contributed by atoms with E-state index in [2.05, 4.69) is 42.4 Å². The van der Waals surface area contributed by atoms with E-state index in [0.29, 0.717) is 6.61 Å². The van der Waals surface area contributed by atoms with Crippen molar-refractivity contribution in [1.29, 1.82) is 0 Å². The lowest BCUT2D eigenvalue weighted by Crippen LogP contribution is -2.07. The van der Waals surface area contributed by atoms with Gasteiger partial charge in [-0.05, 0) is 49.2 Å². The van der Waals surface area contributed by atoms with Gasteiger partial charge in [-0.2, -0.15) is 0 Å². The molecule has 21 heavy (non-hydrogen) atoms. The zero-order valence-corrected chi connectivity index (χ0v) is 13.0. The molecule has 4 heteroatoms. The number of para-hydroxylation sites is 2. The van der Waals surface area contributed by atoms with Crippen molar-refractivity contribution >= 4 is 28.3 Å². The Morgan fingerprint density at radius 2 is 1.71 bits per heavy atom. The van der Waals surface area contributed by atoms with Crippen LogP contribution in [0.25, 0.3) is 0 Å². The second-order valence-electron chi connectivity index (χ2n) is 5.02. The first kappa shape index (κ1) is 14.0. The van der Waals surface area contributed by atoms with Crippen molar-refractivity contribution in [3.05, 3.63) is 53.6 Å². The van der Waals surface area contributed by atoms with Crippen LogP contribution in [0.1, 0.15) is 11.1 Å². The van der Waals surface area contributed by atoms with Crippen LogP contribution in [0, 0.1) is 13.8 Å². The number of amidine groups is 1. The van der Waals surface area contributed by atoms with Crippen LogP contribution in [0.4, 0.5) is 11.4 Å². The van der Waals surface area contributed by atoms with Crippen LogP contribution >= 0.6 is 11.8 Å². The Bertz CT molecular complexity index is 662. The molecule has 0 N–H and O–H groups in total. The van der Waals surface area contributed by atoms with Crippen molar-refractivity contribution < 1.29 is 4.74 Å². The van der Waals surface area contributed by atoms with E-state index in [0.717, 1.165) is 28.0 Å². The Balaban J connectivity index is 1.47. The van der Waals surface area contributed by atoms with E-state index in [1.807, 2.05) is 24.3 Å². The zero-order chi connectivity index (χ0) is 14.7. The van der Waals surface area contributed by atoms with Gasteiger partial charge in [0.15, 0.2) is 5.17 Å². The number of nitrogens with zero attached hydrogens (tertiary/aromatic N) is 2. The Labute approximate surface area is 129 Å². The molecule has 0 bridgehead atoms. The molecule has 1 aliphatic rings. The van der Waals surface area contributed by atoms with Gasteiger partial charge >= 0.3 is 0 Å². The molecule has 1 radical (unpaired) electrons. The molecular formula is C17H17N2OS. The van der Waals surface area contributed by atoms with Gasteiger partial charge in [0, 0.05) is 5.75 Å². The van der Waals surface area contributed by atoms with Crippen molar-refractivity contribution in [2.24, 2.45) is 4.99 Å². The number of aliphatic imine (C=N–C) groups is 1. The summed E-state index contributed by atoms with van der Waals surface area (Å²) < 4.78 is 5.79. The van der Waals surface area contributed by atoms with E-state index in [4.69, 9.17) is 4.74 Å². The molecule has 2 aromatic rings. The molecule has 0 amide bonds. The minimum absolute atomic E-state index is 0.651. The predicted molar refractivity (Wildman–Crippen MR) is 89.2 cm³/mol. The normalized spacial score (nSPS) is 12.6. The summed E-state index contributed by atoms with van der Waals surface area (Å²) in [4.78, 5) is 4.48. The van der Waals surface area contributed by atoms with E-state index >= 15 is 0 Å². The first-order valence-corrected chi connectivity index (χ1v) is 7.93. The first-order valence-electron chi connectivity index (χ1n) is 6.94. The van der Waals surface area contributed by atoms with Gasteiger partial charge in [0.25, 0.3) is 0 Å². The molecule has 107 valence electrons. The van der Waals surface area contributed by atoms with Crippen molar-refractivity contribution in [3.8, 4) is 5.75 Å². The lowest BCUT2D eigenvalue weighted by Gasteiger charge is -2.07. The minimum atomic E-state index is 0.651. The second-order valence-corrected chi connectivity index (χ2v) is 6.08. The lowest BCUT2D eigenvalue weighted by molar-refractivity contribution is 0.343. The van der Waals surface area contributed by atoms with Gasteiger partial charge in [-0.3, -0.25) is 0 Å². The van der Waals surface area contributed by atoms with Crippen LogP contribution in [0.15, 0.2) is 47.5 Å². The van der Waals surface area contributed by atoms with Gasteiger partial charge in [-0.15, -0.1) is 0 Å². The second kappa shape index (κ2) is 6.22. The van der Waals surface area contributed by atoms with Crippen LogP contribution < -0.4 is 10.1 Å². The third kappa shape index (κ3) is 3.58. The number of thioether (sulfide) groups is 1. The highest BCUT2D eigenvalue weighted by molar-refractivity contribution is 8.13. The Hall–Kier alpha value is -1.94. The van der Waals surface area contributed by atoms with Gasteiger partial charge in [-0.25, -0.2) is 10.3 Å².